The molecule has 1 saturated heterocycles. The molecule has 0 bridgehead atoms. The van der Waals surface area contributed by atoms with E-state index in [0.29, 0.717) is 0 Å². The lowest BCUT2D eigenvalue weighted by molar-refractivity contribution is 0.372. The zero-order valence-corrected chi connectivity index (χ0v) is 16.0. The maximum atomic E-state index is 6.34. The summed E-state index contributed by atoms with van der Waals surface area (Å²) in [6, 6.07) is 14.1. The summed E-state index contributed by atoms with van der Waals surface area (Å²) in [4.78, 5) is 13.8. The van der Waals surface area contributed by atoms with Crippen LogP contribution in [-0.4, -0.2) is 55.1 Å². The van der Waals surface area contributed by atoms with Crippen molar-refractivity contribution in [2.45, 2.75) is 13.3 Å². The van der Waals surface area contributed by atoms with Crippen LogP contribution < -0.4 is 10.2 Å². The van der Waals surface area contributed by atoms with Gasteiger partial charge >= 0.3 is 0 Å². The van der Waals surface area contributed by atoms with Crippen LogP contribution in [0.3, 0.4) is 0 Å². The van der Waals surface area contributed by atoms with Crippen LogP contribution in [0.15, 0.2) is 53.7 Å². The molecule has 1 N–H and O–H groups in total. The standard InChI is InChI=1S/C20H26ClN5/c1-2-22-20(24-12-10-17-7-5-6-11-23-17)26-15-13-25(14-16-26)19-9-4-3-8-18(19)21/h3-9,11H,2,10,12-16H2,1H3,(H,22,24). The molecule has 0 aliphatic carbocycles. The number of hydrogen-bond acceptors (Lipinski definition) is 3. The Bertz CT molecular complexity index is 711. The number of aliphatic imine (C=N–C) groups is 1. The van der Waals surface area contributed by atoms with Crippen molar-refractivity contribution in [3.63, 3.8) is 0 Å². The fraction of sp³-hybridized carbons (Fsp3) is 0.400. The quantitative estimate of drug-likeness (QED) is 0.648. The highest BCUT2D eigenvalue weighted by Gasteiger charge is 2.20. The van der Waals surface area contributed by atoms with Crippen molar-refractivity contribution in [2.75, 3.05) is 44.2 Å². The molecule has 1 aliphatic rings. The highest BCUT2D eigenvalue weighted by molar-refractivity contribution is 6.33. The van der Waals surface area contributed by atoms with Gasteiger partial charge in [0.25, 0.3) is 0 Å². The zero-order valence-electron chi connectivity index (χ0n) is 15.2. The predicted molar refractivity (Wildman–Crippen MR) is 109 cm³/mol. The van der Waals surface area contributed by atoms with Gasteiger partial charge in [-0.1, -0.05) is 29.8 Å². The largest absolute Gasteiger partial charge is 0.367 e. The summed E-state index contributed by atoms with van der Waals surface area (Å²) < 4.78 is 0. The average molecular weight is 372 g/mol. The van der Waals surface area contributed by atoms with Gasteiger partial charge in [-0.25, -0.2) is 0 Å². The molecule has 0 amide bonds. The second kappa shape index (κ2) is 9.43. The maximum absolute atomic E-state index is 6.34. The number of guanidine groups is 1. The van der Waals surface area contributed by atoms with Crippen LogP contribution >= 0.6 is 11.6 Å². The summed E-state index contributed by atoms with van der Waals surface area (Å²) in [6.07, 6.45) is 2.69. The van der Waals surface area contributed by atoms with Crippen LogP contribution in [0.4, 0.5) is 5.69 Å². The van der Waals surface area contributed by atoms with Gasteiger partial charge in [0, 0.05) is 57.6 Å². The zero-order chi connectivity index (χ0) is 18.2. The van der Waals surface area contributed by atoms with Gasteiger partial charge in [-0.05, 0) is 31.2 Å². The van der Waals surface area contributed by atoms with Crippen molar-refractivity contribution in [1.29, 1.82) is 0 Å². The van der Waals surface area contributed by atoms with E-state index in [-0.39, 0.29) is 0 Å². The van der Waals surface area contributed by atoms with Crippen LogP contribution in [0.1, 0.15) is 12.6 Å². The first-order chi connectivity index (χ1) is 12.8. The highest BCUT2D eigenvalue weighted by atomic mass is 35.5. The molecule has 2 heterocycles. The van der Waals surface area contributed by atoms with Gasteiger partial charge in [0.05, 0.1) is 10.7 Å². The molecule has 1 fully saturated rings. The molecular formula is C20H26ClN5. The van der Waals surface area contributed by atoms with Gasteiger partial charge in [-0.3, -0.25) is 9.98 Å². The number of hydrogen-bond donors (Lipinski definition) is 1. The number of halogens is 1. The van der Waals surface area contributed by atoms with Crippen molar-refractivity contribution in [3.8, 4) is 0 Å². The topological polar surface area (TPSA) is 43.8 Å². The van der Waals surface area contributed by atoms with E-state index in [2.05, 4.69) is 33.1 Å². The maximum Gasteiger partial charge on any atom is 0.194 e. The van der Waals surface area contributed by atoms with E-state index in [4.69, 9.17) is 16.6 Å². The van der Waals surface area contributed by atoms with Crippen LogP contribution in [-0.2, 0) is 6.42 Å². The third kappa shape index (κ3) is 4.88. The molecule has 1 aromatic heterocycles. The number of anilines is 1. The third-order valence-electron chi connectivity index (χ3n) is 4.46. The van der Waals surface area contributed by atoms with Crippen LogP contribution in [0.2, 0.25) is 5.02 Å². The number of benzene rings is 1. The summed E-state index contributed by atoms with van der Waals surface area (Å²) in [5.74, 6) is 0.988. The van der Waals surface area contributed by atoms with Gasteiger partial charge < -0.3 is 15.1 Å². The summed E-state index contributed by atoms with van der Waals surface area (Å²) in [6.45, 7) is 7.45. The van der Waals surface area contributed by atoms with Gasteiger partial charge in [-0.2, -0.15) is 0 Å². The fourth-order valence-electron chi connectivity index (χ4n) is 3.12. The summed E-state index contributed by atoms with van der Waals surface area (Å²) in [5.41, 5.74) is 2.20. The predicted octanol–water partition coefficient (Wildman–Crippen LogP) is 3.07. The van der Waals surface area contributed by atoms with Gasteiger partial charge in [-0.15, -0.1) is 0 Å². The Morgan fingerprint density at radius 2 is 1.88 bits per heavy atom. The Morgan fingerprint density at radius 1 is 1.12 bits per heavy atom. The fourth-order valence-corrected chi connectivity index (χ4v) is 3.37. The van der Waals surface area contributed by atoms with Gasteiger partial charge in [0.15, 0.2) is 5.96 Å². The summed E-state index contributed by atoms with van der Waals surface area (Å²) in [5, 5.41) is 4.23. The second-order valence-corrected chi connectivity index (χ2v) is 6.64. The molecule has 0 atom stereocenters. The van der Waals surface area contributed by atoms with Crippen molar-refractivity contribution in [1.82, 2.24) is 15.2 Å². The minimum absolute atomic E-state index is 0.740. The van der Waals surface area contributed by atoms with Crippen molar-refractivity contribution < 1.29 is 0 Å². The number of aromatic nitrogens is 1. The minimum atomic E-state index is 0.740. The van der Waals surface area contributed by atoms with Crippen LogP contribution in [0.25, 0.3) is 0 Å². The molecular weight excluding hydrogens is 346 g/mol. The van der Waals surface area contributed by atoms with E-state index in [1.807, 2.05) is 42.6 Å². The molecule has 1 aliphatic heterocycles. The van der Waals surface area contributed by atoms with E-state index in [9.17, 15) is 0 Å². The number of piperazine rings is 1. The Hall–Kier alpha value is -2.27. The minimum Gasteiger partial charge on any atom is -0.367 e. The molecule has 0 saturated carbocycles. The smallest absolute Gasteiger partial charge is 0.194 e. The first kappa shape index (κ1) is 18.5. The number of rotatable bonds is 5. The molecule has 26 heavy (non-hydrogen) atoms. The Morgan fingerprint density at radius 3 is 2.58 bits per heavy atom. The molecule has 0 spiro atoms. The van der Waals surface area contributed by atoms with Crippen molar-refractivity contribution in [3.05, 3.63) is 59.4 Å². The highest BCUT2D eigenvalue weighted by Crippen LogP contribution is 2.25. The van der Waals surface area contributed by atoms with Gasteiger partial charge in [0.2, 0.25) is 0 Å². The first-order valence-corrected chi connectivity index (χ1v) is 9.58. The normalized spacial score (nSPS) is 15.2. The first-order valence-electron chi connectivity index (χ1n) is 9.20. The van der Waals surface area contributed by atoms with E-state index in [1.165, 1.54) is 0 Å². The SMILES string of the molecule is CCNC(=NCCc1ccccn1)N1CCN(c2ccccc2Cl)CC1. The van der Waals surface area contributed by atoms with E-state index >= 15 is 0 Å². The van der Waals surface area contributed by atoms with Crippen molar-refractivity contribution >= 4 is 23.2 Å². The second-order valence-electron chi connectivity index (χ2n) is 6.23. The van der Waals surface area contributed by atoms with E-state index in [1.54, 1.807) is 0 Å². The lowest BCUT2D eigenvalue weighted by Gasteiger charge is -2.38. The molecule has 0 unspecified atom stereocenters. The van der Waals surface area contributed by atoms with E-state index < -0.39 is 0 Å². The number of nitrogens with zero attached hydrogens (tertiary/aromatic N) is 4. The number of nitrogens with one attached hydrogen (secondary N) is 1. The molecule has 3 rings (SSSR count). The molecule has 138 valence electrons. The Kier molecular flexibility index (Phi) is 6.72. The number of pyridine rings is 1. The average Bonchev–Trinajstić information content (AvgIpc) is 2.69. The Labute approximate surface area is 160 Å². The summed E-state index contributed by atoms with van der Waals surface area (Å²) in [7, 11) is 0. The molecule has 6 heteroatoms. The molecule has 1 aromatic carbocycles. The van der Waals surface area contributed by atoms with Crippen molar-refractivity contribution in [2.24, 2.45) is 4.99 Å². The van der Waals surface area contributed by atoms with Gasteiger partial charge in [0.1, 0.15) is 0 Å². The Balaban J connectivity index is 1.57. The van der Waals surface area contributed by atoms with E-state index in [0.717, 1.165) is 68.1 Å². The molecule has 0 radical (unpaired) electrons. The molecule has 5 nitrogen and oxygen atoms in total. The van der Waals surface area contributed by atoms with Crippen LogP contribution in [0.5, 0.6) is 0 Å². The third-order valence-corrected chi connectivity index (χ3v) is 4.78. The monoisotopic (exact) mass is 371 g/mol. The number of para-hydroxylation sites is 1. The molecule has 2 aromatic rings. The lowest BCUT2D eigenvalue weighted by Crippen LogP contribution is -2.52. The van der Waals surface area contributed by atoms with Crippen LogP contribution in [0, 0.1) is 0 Å². The lowest BCUT2D eigenvalue weighted by atomic mass is 10.2. The summed E-state index contributed by atoms with van der Waals surface area (Å²) >= 11 is 6.34.